The lowest BCUT2D eigenvalue weighted by Gasteiger charge is -2.30. The zero-order valence-corrected chi connectivity index (χ0v) is 22.9. The molecule has 1 saturated heterocycles. The Morgan fingerprint density at radius 1 is 0.905 bits per heavy atom. The molecule has 1 aromatic heterocycles. The van der Waals surface area contributed by atoms with E-state index in [1.54, 1.807) is 30.3 Å². The fraction of sp³-hybridized carbons (Fsp3) is 0.172. The number of hydrogen-bond acceptors (Lipinski definition) is 6. The number of imide groups is 1. The van der Waals surface area contributed by atoms with Crippen molar-refractivity contribution in [2.24, 2.45) is 5.92 Å². The summed E-state index contributed by atoms with van der Waals surface area (Å²) in [5, 5.41) is 1.90. The van der Waals surface area contributed by atoms with Gasteiger partial charge in [0.2, 0.25) is 17.7 Å². The lowest BCUT2D eigenvalue weighted by atomic mass is 9.83. The van der Waals surface area contributed by atoms with E-state index in [4.69, 9.17) is 0 Å². The molecule has 3 atom stereocenters. The fourth-order valence-electron chi connectivity index (χ4n) is 5.23. The molecule has 0 radical (unpaired) electrons. The van der Waals surface area contributed by atoms with Crippen LogP contribution in [0.15, 0.2) is 88.7 Å². The molecule has 3 heterocycles. The molecule has 214 valence electrons. The molecule has 3 amide bonds. The first-order chi connectivity index (χ1) is 20.0. The highest BCUT2D eigenvalue weighted by Crippen LogP contribution is 2.54. The highest BCUT2D eigenvalue weighted by Gasteiger charge is 2.57. The van der Waals surface area contributed by atoms with Gasteiger partial charge in [-0.15, -0.1) is 0 Å². The molecule has 0 aliphatic carbocycles. The Hall–Kier alpha value is -4.23. The molecule has 0 saturated carbocycles. The van der Waals surface area contributed by atoms with Crippen LogP contribution >= 0.6 is 23.1 Å². The van der Waals surface area contributed by atoms with Crippen LogP contribution in [0.1, 0.15) is 21.9 Å². The number of alkyl halides is 3. The monoisotopic (exact) mass is 613 g/mol. The molecular formula is C29H19F4N3O4S2. The molecule has 42 heavy (non-hydrogen) atoms. The third-order valence-corrected chi connectivity index (χ3v) is 9.67. The minimum Gasteiger partial charge on any atom is -0.325 e. The van der Waals surface area contributed by atoms with Gasteiger partial charge < -0.3 is 5.32 Å². The van der Waals surface area contributed by atoms with Gasteiger partial charge in [-0.2, -0.15) is 13.2 Å². The SMILES string of the molecule is O=C(Cn1c2c(sc1=O)C(c1ccc(F)cc1)C1C(=O)N(c3cccc(C(F)(F)F)c3)C(=O)C1S2)Nc1ccccc1. The van der Waals surface area contributed by atoms with Crippen molar-refractivity contribution >= 4 is 52.2 Å². The van der Waals surface area contributed by atoms with Crippen molar-refractivity contribution in [2.45, 2.75) is 28.9 Å². The first kappa shape index (κ1) is 27.9. The quantitative estimate of drug-likeness (QED) is 0.237. The first-order valence-corrected chi connectivity index (χ1v) is 14.3. The zero-order valence-electron chi connectivity index (χ0n) is 21.3. The first-order valence-electron chi connectivity index (χ1n) is 12.6. The smallest absolute Gasteiger partial charge is 0.325 e. The molecule has 2 aliphatic heterocycles. The Morgan fingerprint density at radius 3 is 2.31 bits per heavy atom. The van der Waals surface area contributed by atoms with Gasteiger partial charge in [0.1, 0.15) is 17.6 Å². The van der Waals surface area contributed by atoms with Crippen LogP contribution in [0.3, 0.4) is 0 Å². The number of carbonyl (C=O) groups excluding carboxylic acids is 3. The van der Waals surface area contributed by atoms with E-state index in [0.717, 1.165) is 46.2 Å². The third-order valence-electron chi connectivity index (χ3n) is 7.07. The van der Waals surface area contributed by atoms with Crippen molar-refractivity contribution in [3.63, 3.8) is 0 Å². The molecule has 1 N–H and O–H groups in total. The summed E-state index contributed by atoms with van der Waals surface area (Å²) in [4.78, 5) is 54.3. The van der Waals surface area contributed by atoms with E-state index in [9.17, 15) is 36.7 Å². The third kappa shape index (κ3) is 4.92. The summed E-state index contributed by atoms with van der Waals surface area (Å²) in [5.74, 6) is -4.47. The normalized spacial score (nSPS) is 19.9. The number of benzene rings is 3. The number of thioether (sulfide) groups is 1. The zero-order chi connectivity index (χ0) is 29.8. The van der Waals surface area contributed by atoms with Gasteiger partial charge in [-0.1, -0.05) is 59.5 Å². The Labute approximate surface area is 243 Å². The van der Waals surface area contributed by atoms with Gasteiger partial charge in [0.15, 0.2) is 0 Å². The van der Waals surface area contributed by atoms with Crippen LogP contribution in [0.2, 0.25) is 0 Å². The van der Waals surface area contributed by atoms with Crippen molar-refractivity contribution < 1.29 is 31.9 Å². The molecule has 3 unspecified atom stereocenters. The van der Waals surface area contributed by atoms with E-state index >= 15 is 0 Å². The van der Waals surface area contributed by atoms with Gasteiger partial charge in [-0.25, -0.2) is 9.29 Å². The van der Waals surface area contributed by atoms with Crippen LogP contribution in [0.4, 0.5) is 28.9 Å². The van der Waals surface area contributed by atoms with Crippen molar-refractivity contribution in [2.75, 3.05) is 10.2 Å². The number of aromatic nitrogens is 1. The van der Waals surface area contributed by atoms with Crippen molar-refractivity contribution in [3.8, 4) is 0 Å². The second-order valence-electron chi connectivity index (χ2n) is 9.69. The number of amides is 3. The maximum absolute atomic E-state index is 13.8. The van der Waals surface area contributed by atoms with Crippen LogP contribution in [0, 0.1) is 11.7 Å². The number of nitrogens with one attached hydrogen (secondary N) is 1. The van der Waals surface area contributed by atoms with Gasteiger partial charge in [0.05, 0.1) is 22.2 Å². The van der Waals surface area contributed by atoms with Gasteiger partial charge in [-0.3, -0.25) is 23.7 Å². The molecule has 13 heteroatoms. The maximum Gasteiger partial charge on any atom is 0.416 e. The number of fused-ring (bicyclic) bond motifs is 2. The van der Waals surface area contributed by atoms with Crippen LogP contribution in [0.5, 0.6) is 0 Å². The van der Waals surface area contributed by atoms with Gasteiger partial charge in [0, 0.05) is 16.5 Å². The second-order valence-corrected chi connectivity index (χ2v) is 11.8. The number of hydrogen-bond donors (Lipinski definition) is 1. The predicted molar refractivity (Wildman–Crippen MR) is 149 cm³/mol. The Morgan fingerprint density at radius 2 is 1.62 bits per heavy atom. The summed E-state index contributed by atoms with van der Waals surface area (Å²) >= 11 is 1.74. The lowest BCUT2D eigenvalue weighted by Crippen LogP contribution is -2.33. The van der Waals surface area contributed by atoms with Crippen molar-refractivity contribution in [1.82, 2.24) is 4.57 Å². The molecule has 4 aromatic rings. The van der Waals surface area contributed by atoms with E-state index in [-0.39, 0.29) is 12.2 Å². The van der Waals surface area contributed by atoms with E-state index in [2.05, 4.69) is 5.32 Å². The Kier molecular flexibility index (Phi) is 7.01. The largest absolute Gasteiger partial charge is 0.416 e. The van der Waals surface area contributed by atoms with Crippen molar-refractivity contribution in [1.29, 1.82) is 0 Å². The number of halogens is 4. The molecular weight excluding hydrogens is 594 g/mol. The van der Waals surface area contributed by atoms with Crippen LogP contribution in [0.25, 0.3) is 0 Å². The number of thiazole rings is 1. The Bertz CT molecular complexity index is 1770. The molecule has 0 bridgehead atoms. The Balaban J connectivity index is 1.42. The number of anilines is 2. The highest BCUT2D eigenvalue weighted by atomic mass is 32.2. The topological polar surface area (TPSA) is 88.5 Å². The molecule has 1 fully saturated rings. The fourth-order valence-corrected chi connectivity index (χ4v) is 8.00. The average Bonchev–Trinajstić information content (AvgIpc) is 3.40. The molecule has 0 spiro atoms. The summed E-state index contributed by atoms with van der Waals surface area (Å²) in [5.41, 5.74) is -0.279. The van der Waals surface area contributed by atoms with Crippen LogP contribution < -0.4 is 15.1 Å². The summed E-state index contributed by atoms with van der Waals surface area (Å²) in [7, 11) is 0. The number of rotatable bonds is 5. The van der Waals surface area contributed by atoms with E-state index in [1.165, 1.54) is 34.9 Å². The minimum atomic E-state index is -4.69. The van der Waals surface area contributed by atoms with E-state index < -0.39 is 57.2 Å². The summed E-state index contributed by atoms with van der Waals surface area (Å²) in [6.07, 6.45) is -4.69. The lowest BCUT2D eigenvalue weighted by molar-refractivity contribution is -0.137. The highest BCUT2D eigenvalue weighted by molar-refractivity contribution is 8.00. The van der Waals surface area contributed by atoms with Gasteiger partial charge in [0.25, 0.3) is 0 Å². The second kappa shape index (κ2) is 10.6. The van der Waals surface area contributed by atoms with Gasteiger partial charge in [-0.05, 0) is 48.0 Å². The number of nitrogens with zero attached hydrogens (tertiary/aromatic N) is 2. The average molecular weight is 614 g/mol. The molecule has 6 rings (SSSR count). The van der Waals surface area contributed by atoms with Crippen LogP contribution in [-0.4, -0.2) is 27.5 Å². The number of carbonyl (C=O) groups is 3. The molecule has 7 nitrogen and oxygen atoms in total. The predicted octanol–water partition coefficient (Wildman–Crippen LogP) is 5.50. The summed E-state index contributed by atoms with van der Waals surface area (Å²) in [6.45, 7) is -0.375. The molecule has 3 aromatic carbocycles. The van der Waals surface area contributed by atoms with Gasteiger partial charge >= 0.3 is 11.0 Å². The minimum absolute atomic E-state index is 0.226. The maximum atomic E-state index is 13.8. The summed E-state index contributed by atoms with van der Waals surface area (Å²) < 4.78 is 55.4. The molecule has 2 aliphatic rings. The van der Waals surface area contributed by atoms with E-state index in [1.807, 2.05) is 0 Å². The van der Waals surface area contributed by atoms with Crippen molar-refractivity contribution in [3.05, 3.63) is 110 Å². The summed E-state index contributed by atoms with van der Waals surface area (Å²) in [6, 6.07) is 17.8. The number of para-hydroxylation sites is 1. The van der Waals surface area contributed by atoms with Crippen LogP contribution in [-0.2, 0) is 27.1 Å². The standard InChI is InChI=1S/C29H19F4N3O4S2/c30-17-11-9-15(10-12-17)21-22-23(26(39)36(25(22)38)19-8-4-5-16(13-19)29(31,32)33)41-27-24(21)42-28(40)35(27)14-20(37)34-18-6-2-1-3-7-18/h1-13,21-23H,14H2,(H,34,37). The van der Waals surface area contributed by atoms with E-state index in [0.29, 0.717) is 21.2 Å².